The molecule has 0 saturated carbocycles. The molecule has 5 heteroatoms. The summed E-state index contributed by atoms with van der Waals surface area (Å²) in [5, 5.41) is 6.21. The van der Waals surface area contributed by atoms with Crippen molar-refractivity contribution in [3.63, 3.8) is 0 Å². The second kappa shape index (κ2) is 6.22. The number of aromatic nitrogens is 1. The Morgan fingerprint density at radius 3 is 3.00 bits per heavy atom. The minimum absolute atomic E-state index is 0.0870. The summed E-state index contributed by atoms with van der Waals surface area (Å²) in [6.45, 7) is 9.23. The Balaban J connectivity index is 2.07. The van der Waals surface area contributed by atoms with Crippen LogP contribution >= 0.6 is 0 Å². The van der Waals surface area contributed by atoms with E-state index in [4.69, 9.17) is 0 Å². The maximum Gasteiger partial charge on any atom is 0.240 e. The second-order valence-corrected chi connectivity index (χ2v) is 5.68. The average Bonchev–Trinajstić information content (AvgIpc) is 2.43. The smallest absolute Gasteiger partial charge is 0.240 e. The molecule has 1 amide bonds. The van der Waals surface area contributed by atoms with Gasteiger partial charge in [0.2, 0.25) is 5.91 Å². The minimum Gasteiger partial charge on any atom is -0.370 e. The Morgan fingerprint density at radius 1 is 1.45 bits per heavy atom. The Morgan fingerprint density at radius 2 is 2.25 bits per heavy atom. The maximum atomic E-state index is 11.9. The van der Waals surface area contributed by atoms with Crippen LogP contribution in [0.5, 0.6) is 0 Å². The number of hydrogen-bond acceptors (Lipinski definition) is 4. The second-order valence-electron chi connectivity index (χ2n) is 5.68. The van der Waals surface area contributed by atoms with Gasteiger partial charge in [-0.05, 0) is 32.4 Å². The molecule has 1 fully saturated rings. The number of nitrogens with one attached hydrogen (secondary N) is 2. The average molecular weight is 276 g/mol. The lowest BCUT2D eigenvalue weighted by molar-refractivity contribution is -0.135. The van der Waals surface area contributed by atoms with E-state index in [1.54, 1.807) is 0 Å². The van der Waals surface area contributed by atoms with Crippen LogP contribution in [-0.2, 0) is 11.3 Å². The molecular formula is C15H24N4O. The Hall–Kier alpha value is -1.62. The molecule has 0 aliphatic carbocycles. The molecule has 1 aromatic heterocycles. The molecule has 2 heterocycles. The van der Waals surface area contributed by atoms with Crippen molar-refractivity contribution in [3.05, 3.63) is 23.9 Å². The van der Waals surface area contributed by atoms with Gasteiger partial charge in [-0.3, -0.25) is 9.69 Å². The predicted octanol–water partition coefficient (Wildman–Crippen LogP) is 1.61. The van der Waals surface area contributed by atoms with E-state index >= 15 is 0 Å². The number of anilines is 1. The molecular weight excluding hydrogens is 252 g/mol. The highest BCUT2D eigenvalue weighted by atomic mass is 16.2. The number of amides is 1. The van der Waals surface area contributed by atoms with Crippen molar-refractivity contribution in [3.8, 4) is 0 Å². The number of pyridine rings is 1. The molecule has 2 rings (SSSR count). The van der Waals surface area contributed by atoms with Crippen LogP contribution in [0.3, 0.4) is 0 Å². The third kappa shape index (κ3) is 3.28. The maximum absolute atomic E-state index is 11.9. The molecule has 0 radical (unpaired) electrons. The van der Waals surface area contributed by atoms with Crippen LogP contribution in [0.1, 0.15) is 32.9 Å². The number of nitrogens with zero attached hydrogens (tertiary/aromatic N) is 2. The van der Waals surface area contributed by atoms with Crippen LogP contribution in [0.4, 0.5) is 5.82 Å². The van der Waals surface area contributed by atoms with Crippen LogP contribution in [0.2, 0.25) is 0 Å². The van der Waals surface area contributed by atoms with E-state index in [-0.39, 0.29) is 5.91 Å². The number of carbonyl (C=O) groups excluding carboxylic acids is 1. The molecule has 1 saturated heterocycles. The fraction of sp³-hybridized carbons (Fsp3) is 0.600. The van der Waals surface area contributed by atoms with Crippen molar-refractivity contribution in [2.24, 2.45) is 0 Å². The molecule has 1 aromatic rings. The van der Waals surface area contributed by atoms with Gasteiger partial charge in [-0.1, -0.05) is 13.0 Å². The van der Waals surface area contributed by atoms with Crippen molar-refractivity contribution in [2.75, 3.05) is 25.0 Å². The van der Waals surface area contributed by atoms with Gasteiger partial charge in [-0.2, -0.15) is 0 Å². The van der Waals surface area contributed by atoms with Crippen LogP contribution in [0.15, 0.2) is 18.2 Å². The van der Waals surface area contributed by atoms with E-state index in [0.29, 0.717) is 13.1 Å². The Bertz CT molecular complexity index is 473. The summed E-state index contributed by atoms with van der Waals surface area (Å²) in [6, 6.07) is 6.00. The fourth-order valence-corrected chi connectivity index (χ4v) is 2.34. The van der Waals surface area contributed by atoms with E-state index in [1.165, 1.54) is 0 Å². The number of carbonyl (C=O) groups is 1. The van der Waals surface area contributed by atoms with E-state index in [9.17, 15) is 4.79 Å². The Kier molecular flexibility index (Phi) is 4.60. The van der Waals surface area contributed by atoms with Crippen molar-refractivity contribution < 1.29 is 4.79 Å². The minimum atomic E-state index is -0.479. The fourth-order valence-electron chi connectivity index (χ4n) is 2.34. The topological polar surface area (TPSA) is 57.3 Å². The zero-order valence-electron chi connectivity index (χ0n) is 12.6. The molecule has 0 atom stereocenters. The molecule has 2 N–H and O–H groups in total. The van der Waals surface area contributed by atoms with Gasteiger partial charge in [0.1, 0.15) is 5.82 Å². The first-order valence-electron chi connectivity index (χ1n) is 7.27. The third-order valence-electron chi connectivity index (χ3n) is 3.73. The highest BCUT2D eigenvalue weighted by molar-refractivity contribution is 5.86. The molecule has 110 valence electrons. The van der Waals surface area contributed by atoms with Crippen molar-refractivity contribution in [2.45, 2.75) is 39.3 Å². The quantitative estimate of drug-likeness (QED) is 0.858. The van der Waals surface area contributed by atoms with Gasteiger partial charge in [-0.25, -0.2) is 4.98 Å². The predicted molar refractivity (Wildman–Crippen MR) is 80.5 cm³/mol. The van der Waals surface area contributed by atoms with Gasteiger partial charge >= 0.3 is 0 Å². The highest BCUT2D eigenvalue weighted by Crippen LogP contribution is 2.20. The van der Waals surface area contributed by atoms with Crippen molar-refractivity contribution >= 4 is 11.7 Å². The van der Waals surface area contributed by atoms with E-state index in [0.717, 1.165) is 31.0 Å². The first-order valence-corrected chi connectivity index (χ1v) is 7.27. The third-order valence-corrected chi connectivity index (χ3v) is 3.73. The zero-order chi connectivity index (χ0) is 14.6. The molecule has 0 unspecified atom stereocenters. The molecule has 1 aliphatic heterocycles. The first-order chi connectivity index (χ1) is 9.54. The first kappa shape index (κ1) is 14.8. The van der Waals surface area contributed by atoms with Gasteiger partial charge in [-0.15, -0.1) is 0 Å². The summed E-state index contributed by atoms with van der Waals surface area (Å²) in [7, 11) is 0. The van der Waals surface area contributed by atoms with Gasteiger partial charge in [0.15, 0.2) is 0 Å². The molecule has 20 heavy (non-hydrogen) atoms. The number of hydrogen-bond donors (Lipinski definition) is 2. The highest BCUT2D eigenvalue weighted by Gasteiger charge is 2.37. The summed E-state index contributed by atoms with van der Waals surface area (Å²) >= 11 is 0. The molecule has 0 spiro atoms. The zero-order valence-corrected chi connectivity index (χ0v) is 12.6. The van der Waals surface area contributed by atoms with Crippen LogP contribution in [0.25, 0.3) is 0 Å². The Labute approximate surface area is 120 Å². The molecule has 5 nitrogen and oxygen atoms in total. The van der Waals surface area contributed by atoms with E-state index in [1.807, 2.05) is 32.0 Å². The van der Waals surface area contributed by atoms with Crippen molar-refractivity contribution in [1.82, 2.24) is 15.2 Å². The summed E-state index contributed by atoms with van der Waals surface area (Å²) in [5.74, 6) is 0.993. The standard InChI is InChI=1S/C15H24N4O/c1-4-8-16-13-7-5-6-12(18-13)11-19-10-9-17-14(20)15(19,2)3/h5-7H,4,8-11H2,1-3H3,(H,16,18)(H,17,20). The van der Waals surface area contributed by atoms with Gasteiger partial charge in [0.05, 0.1) is 11.2 Å². The number of piperazine rings is 1. The summed E-state index contributed by atoms with van der Waals surface area (Å²) < 4.78 is 0. The monoisotopic (exact) mass is 276 g/mol. The van der Waals surface area contributed by atoms with E-state index < -0.39 is 5.54 Å². The van der Waals surface area contributed by atoms with Crippen molar-refractivity contribution in [1.29, 1.82) is 0 Å². The molecule has 0 bridgehead atoms. The van der Waals surface area contributed by atoms with Crippen LogP contribution in [-0.4, -0.2) is 41.0 Å². The number of rotatable bonds is 5. The lowest BCUT2D eigenvalue weighted by Crippen LogP contribution is -2.61. The summed E-state index contributed by atoms with van der Waals surface area (Å²) in [4.78, 5) is 18.7. The van der Waals surface area contributed by atoms with Gasteiger partial charge in [0, 0.05) is 26.2 Å². The van der Waals surface area contributed by atoms with Crippen LogP contribution in [0, 0.1) is 0 Å². The van der Waals surface area contributed by atoms with Gasteiger partial charge in [0.25, 0.3) is 0 Å². The SMILES string of the molecule is CCCNc1cccc(CN2CCNC(=O)C2(C)C)n1. The lowest BCUT2D eigenvalue weighted by atomic mass is 9.98. The van der Waals surface area contributed by atoms with Crippen LogP contribution < -0.4 is 10.6 Å². The normalized spacial score (nSPS) is 18.6. The van der Waals surface area contributed by atoms with E-state index in [2.05, 4.69) is 27.4 Å². The summed E-state index contributed by atoms with van der Waals surface area (Å²) in [6.07, 6.45) is 1.07. The molecule has 1 aliphatic rings. The van der Waals surface area contributed by atoms with Gasteiger partial charge < -0.3 is 10.6 Å². The molecule has 0 aromatic carbocycles. The summed E-state index contributed by atoms with van der Waals surface area (Å²) in [5.41, 5.74) is 0.515. The largest absolute Gasteiger partial charge is 0.370 e. The lowest BCUT2D eigenvalue weighted by Gasteiger charge is -2.40.